The molecule has 1 aromatic rings. The van der Waals surface area contributed by atoms with Gasteiger partial charge >= 0.3 is 0 Å². The fraction of sp³-hybridized carbons (Fsp3) is 0.455. The fourth-order valence-corrected chi connectivity index (χ4v) is 3.45. The quantitative estimate of drug-likeness (QED) is 0.595. The van der Waals surface area contributed by atoms with Gasteiger partial charge in [-0.2, -0.15) is 0 Å². The maximum atomic E-state index is 12.3. The second-order valence-corrected chi connectivity index (χ2v) is 6.09. The van der Waals surface area contributed by atoms with Gasteiger partial charge < -0.3 is 10.1 Å². The van der Waals surface area contributed by atoms with E-state index in [0.29, 0.717) is 13.0 Å². The second kappa shape index (κ2) is 5.73. The summed E-state index contributed by atoms with van der Waals surface area (Å²) in [4.78, 5) is 9.98. The zero-order chi connectivity index (χ0) is 14.8. The Morgan fingerprint density at radius 2 is 2.25 bits per heavy atom. The van der Waals surface area contributed by atoms with Crippen molar-refractivity contribution >= 4 is 15.7 Å². The zero-order valence-corrected chi connectivity index (χ0v) is 11.6. The number of hydrogen-bond donors (Lipinski definition) is 2. The Morgan fingerprint density at radius 1 is 1.50 bits per heavy atom. The van der Waals surface area contributed by atoms with E-state index < -0.39 is 14.9 Å². The summed E-state index contributed by atoms with van der Waals surface area (Å²) in [7, 11) is -2.49. The maximum Gasteiger partial charge on any atom is 0.273 e. The molecule has 0 aliphatic carbocycles. The first kappa shape index (κ1) is 14.7. The third-order valence-corrected chi connectivity index (χ3v) is 4.59. The summed E-state index contributed by atoms with van der Waals surface area (Å²) in [6.07, 6.45) is 0.703. The van der Waals surface area contributed by atoms with Crippen LogP contribution >= 0.6 is 0 Å². The molecular weight excluding hydrogens is 286 g/mol. The molecule has 0 spiro atoms. The number of methoxy groups -OCH3 is 1. The minimum Gasteiger partial charge on any atom is -0.495 e. The van der Waals surface area contributed by atoms with Gasteiger partial charge in [0.1, 0.15) is 10.6 Å². The zero-order valence-electron chi connectivity index (χ0n) is 10.8. The highest BCUT2D eigenvalue weighted by Crippen LogP contribution is 2.28. The van der Waals surface area contributed by atoms with E-state index in [-0.39, 0.29) is 22.4 Å². The summed E-state index contributed by atoms with van der Waals surface area (Å²) in [5, 5.41) is 13.7. The van der Waals surface area contributed by atoms with Crippen LogP contribution in [0.15, 0.2) is 23.1 Å². The summed E-state index contributed by atoms with van der Waals surface area (Å²) in [6, 6.07) is 3.24. The Balaban J connectivity index is 2.32. The van der Waals surface area contributed by atoms with Crippen molar-refractivity contribution in [1.29, 1.82) is 0 Å². The summed E-state index contributed by atoms with van der Waals surface area (Å²) >= 11 is 0. The van der Waals surface area contributed by atoms with Crippen LogP contribution in [0.3, 0.4) is 0 Å². The second-order valence-electron chi connectivity index (χ2n) is 4.40. The van der Waals surface area contributed by atoms with Crippen LogP contribution < -0.4 is 14.8 Å². The predicted octanol–water partition coefficient (Wildman–Crippen LogP) is 0.244. The molecule has 1 aliphatic rings. The first-order valence-corrected chi connectivity index (χ1v) is 7.48. The summed E-state index contributed by atoms with van der Waals surface area (Å²) in [5.41, 5.74) is -0.219. The lowest BCUT2D eigenvalue weighted by Gasteiger charge is -2.14. The third-order valence-electron chi connectivity index (χ3n) is 3.03. The van der Waals surface area contributed by atoms with Gasteiger partial charge in [0, 0.05) is 18.7 Å². The Labute approximate surface area is 116 Å². The lowest BCUT2D eigenvalue weighted by molar-refractivity contribution is -0.385. The Kier molecular flexibility index (Phi) is 4.21. The Morgan fingerprint density at radius 3 is 2.80 bits per heavy atom. The number of nitro benzene ring substituents is 1. The van der Waals surface area contributed by atoms with E-state index in [1.807, 2.05) is 0 Å². The van der Waals surface area contributed by atoms with E-state index in [0.717, 1.165) is 18.7 Å². The van der Waals surface area contributed by atoms with Crippen molar-refractivity contribution in [1.82, 2.24) is 10.0 Å². The van der Waals surface area contributed by atoms with E-state index in [1.54, 1.807) is 0 Å². The molecule has 1 heterocycles. The minimum atomic E-state index is -3.77. The van der Waals surface area contributed by atoms with Crippen LogP contribution in [0, 0.1) is 10.1 Å². The van der Waals surface area contributed by atoms with Crippen molar-refractivity contribution in [3.05, 3.63) is 28.3 Å². The van der Waals surface area contributed by atoms with Gasteiger partial charge in [0.05, 0.1) is 18.1 Å². The van der Waals surface area contributed by atoms with Crippen LogP contribution in [0.2, 0.25) is 0 Å². The summed E-state index contributed by atoms with van der Waals surface area (Å²) < 4.78 is 32.0. The lowest BCUT2D eigenvalue weighted by Crippen LogP contribution is -2.36. The number of nitrogens with zero attached hydrogens (tertiary/aromatic N) is 1. The Bertz CT molecular complexity index is 610. The van der Waals surface area contributed by atoms with Crippen LogP contribution in [0.1, 0.15) is 6.42 Å². The van der Waals surface area contributed by atoms with Crippen molar-refractivity contribution in [3.8, 4) is 5.75 Å². The lowest BCUT2D eigenvalue weighted by atomic mass is 10.3. The van der Waals surface area contributed by atoms with Gasteiger partial charge in [0.15, 0.2) is 0 Å². The van der Waals surface area contributed by atoms with E-state index >= 15 is 0 Å². The molecule has 1 fully saturated rings. The first-order valence-electron chi connectivity index (χ1n) is 5.99. The molecule has 1 aromatic carbocycles. The largest absolute Gasteiger partial charge is 0.495 e. The van der Waals surface area contributed by atoms with Gasteiger partial charge in [-0.05, 0) is 19.0 Å². The molecule has 2 rings (SSSR count). The highest BCUT2D eigenvalue weighted by atomic mass is 32.2. The van der Waals surface area contributed by atoms with E-state index in [9.17, 15) is 18.5 Å². The molecule has 0 saturated carbocycles. The smallest absolute Gasteiger partial charge is 0.273 e. The van der Waals surface area contributed by atoms with Gasteiger partial charge in [-0.3, -0.25) is 10.1 Å². The SMILES string of the molecule is COc1cc([N+](=O)[O-])ccc1S(=O)(=O)N[C@H]1CCNC1. The molecule has 0 amide bonds. The van der Waals surface area contributed by atoms with Crippen molar-refractivity contribution in [3.63, 3.8) is 0 Å². The van der Waals surface area contributed by atoms with Gasteiger partial charge in [0.2, 0.25) is 10.0 Å². The molecule has 2 N–H and O–H groups in total. The molecule has 0 aromatic heterocycles. The number of nitro groups is 1. The predicted molar refractivity (Wildman–Crippen MR) is 71.2 cm³/mol. The minimum absolute atomic E-state index is 0.0438. The Hall–Kier alpha value is -1.71. The van der Waals surface area contributed by atoms with Crippen LogP contribution in [-0.4, -0.2) is 39.6 Å². The van der Waals surface area contributed by atoms with Crippen molar-refractivity contribution in [2.45, 2.75) is 17.4 Å². The van der Waals surface area contributed by atoms with Gasteiger partial charge in [-0.15, -0.1) is 0 Å². The monoisotopic (exact) mass is 301 g/mol. The van der Waals surface area contributed by atoms with Gasteiger partial charge in [-0.1, -0.05) is 0 Å². The number of rotatable bonds is 5. The van der Waals surface area contributed by atoms with Crippen molar-refractivity contribution in [2.75, 3.05) is 20.2 Å². The van der Waals surface area contributed by atoms with Gasteiger partial charge in [-0.25, -0.2) is 13.1 Å². The van der Waals surface area contributed by atoms with Crippen molar-refractivity contribution in [2.24, 2.45) is 0 Å². The van der Waals surface area contributed by atoms with E-state index in [1.165, 1.54) is 13.2 Å². The third kappa shape index (κ3) is 3.06. The van der Waals surface area contributed by atoms with Crippen LogP contribution in [0.25, 0.3) is 0 Å². The number of non-ortho nitro benzene ring substituents is 1. The molecule has 0 bridgehead atoms. The molecule has 110 valence electrons. The average molecular weight is 301 g/mol. The number of nitrogens with one attached hydrogen (secondary N) is 2. The maximum absolute atomic E-state index is 12.3. The van der Waals surface area contributed by atoms with E-state index in [2.05, 4.69) is 10.0 Å². The molecule has 8 nitrogen and oxygen atoms in total. The summed E-state index contributed by atoms with van der Waals surface area (Å²) in [5.74, 6) is -0.0438. The topological polar surface area (TPSA) is 111 Å². The molecule has 1 saturated heterocycles. The number of hydrogen-bond acceptors (Lipinski definition) is 6. The van der Waals surface area contributed by atoms with Crippen LogP contribution in [0.4, 0.5) is 5.69 Å². The van der Waals surface area contributed by atoms with Gasteiger partial charge in [0.25, 0.3) is 5.69 Å². The highest BCUT2D eigenvalue weighted by molar-refractivity contribution is 7.89. The van der Waals surface area contributed by atoms with Crippen molar-refractivity contribution < 1.29 is 18.1 Å². The number of sulfonamides is 1. The number of benzene rings is 1. The molecule has 20 heavy (non-hydrogen) atoms. The number of ether oxygens (including phenoxy) is 1. The standard InChI is InChI=1S/C11H15N3O5S/c1-19-10-6-9(14(15)16)2-3-11(10)20(17,18)13-8-4-5-12-7-8/h2-3,6,8,12-13H,4-5,7H2,1H3/t8-/m0/s1. The molecule has 9 heteroatoms. The molecule has 0 radical (unpaired) electrons. The van der Waals surface area contributed by atoms with Crippen LogP contribution in [0.5, 0.6) is 5.75 Å². The summed E-state index contributed by atoms with van der Waals surface area (Å²) in [6.45, 7) is 1.32. The van der Waals surface area contributed by atoms with Crippen LogP contribution in [-0.2, 0) is 10.0 Å². The molecule has 1 aliphatic heterocycles. The molecule has 0 unspecified atom stereocenters. The molecule has 1 atom stereocenters. The average Bonchev–Trinajstić information content (AvgIpc) is 2.89. The fourth-order valence-electron chi connectivity index (χ4n) is 2.03. The van der Waals surface area contributed by atoms with E-state index in [4.69, 9.17) is 4.74 Å². The molecular formula is C11H15N3O5S. The highest BCUT2D eigenvalue weighted by Gasteiger charge is 2.26. The normalized spacial score (nSPS) is 18.9. The first-order chi connectivity index (χ1) is 9.44.